The molecule has 0 aliphatic heterocycles. The van der Waals surface area contributed by atoms with Gasteiger partial charge in [0.25, 0.3) is 0 Å². The predicted molar refractivity (Wildman–Crippen MR) is 194 cm³/mol. The van der Waals surface area contributed by atoms with Gasteiger partial charge < -0.3 is 41.1 Å². The quantitative estimate of drug-likeness (QED) is 0.0772. The van der Waals surface area contributed by atoms with Gasteiger partial charge in [0.2, 0.25) is 17.7 Å². The number of carbonyl (C=O) groups excluding carboxylic acids is 4. The second-order valence-electron chi connectivity index (χ2n) is 13.5. The standard InChI is InChI=1S/C38H51N7O6/c1-5-25(4)19-41-35(47)18-34(46)31(15-24(2)3)43-37(49)33(17-28-21-39-23-42-28)44-36(48)32(16-27-20-40-30-14-10-9-13-29(27)30)45-38(50)51-22-26-11-7-6-8-12-26/h6-14,20-21,23-25,31-34,40,46H,5,15-19,22H2,1-4H3,(H,39,42)(H,41,47)(H,43,49)(H,44,48)(H,45,50)/t25?,31?,32-,33-,34?/m0/s1. The van der Waals surface area contributed by atoms with E-state index in [0.29, 0.717) is 24.6 Å². The van der Waals surface area contributed by atoms with Crippen molar-refractivity contribution in [1.29, 1.82) is 0 Å². The summed E-state index contributed by atoms with van der Waals surface area (Å²) < 4.78 is 5.45. The molecule has 0 saturated heterocycles. The molecular formula is C38H51N7O6. The first-order valence-electron chi connectivity index (χ1n) is 17.6. The Morgan fingerprint density at radius 1 is 0.882 bits per heavy atom. The first-order chi connectivity index (χ1) is 24.5. The Hall–Kier alpha value is -5.17. The molecule has 13 nitrogen and oxygen atoms in total. The molecule has 0 radical (unpaired) electrons. The molecule has 0 spiro atoms. The molecule has 0 bridgehead atoms. The van der Waals surface area contributed by atoms with E-state index in [1.807, 2.05) is 82.3 Å². The number of para-hydroxylation sites is 1. The van der Waals surface area contributed by atoms with E-state index >= 15 is 0 Å². The summed E-state index contributed by atoms with van der Waals surface area (Å²) in [6.45, 7) is 8.48. The monoisotopic (exact) mass is 701 g/mol. The number of alkyl carbamates (subject to hydrolysis) is 1. The molecular weight excluding hydrogens is 650 g/mol. The van der Waals surface area contributed by atoms with Crippen molar-refractivity contribution < 1.29 is 29.0 Å². The topological polar surface area (TPSA) is 190 Å². The molecule has 0 aliphatic rings. The first-order valence-corrected chi connectivity index (χ1v) is 17.6. The van der Waals surface area contributed by atoms with Crippen LogP contribution in [-0.4, -0.2) is 74.6 Å². The Labute approximate surface area is 298 Å². The van der Waals surface area contributed by atoms with Gasteiger partial charge in [-0.05, 0) is 35.4 Å². The van der Waals surface area contributed by atoms with Crippen LogP contribution >= 0.6 is 0 Å². The number of aliphatic hydroxyl groups is 1. The van der Waals surface area contributed by atoms with Crippen LogP contribution < -0.4 is 21.3 Å². The molecule has 4 amide bonds. The predicted octanol–water partition coefficient (Wildman–Crippen LogP) is 3.90. The van der Waals surface area contributed by atoms with E-state index in [4.69, 9.17) is 4.74 Å². The van der Waals surface area contributed by atoms with Crippen LogP contribution in [0.25, 0.3) is 10.9 Å². The van der Waals surface area contributed by atoms with Gasteiger partial charge in [-0.1, -0.05) is 82.6 Å². The van der Waals surface area contributed by atoms with Crippen molar-refractivity contribution in [1.82, 2.24) is 36.2 Å². The summed E-state index contributed by atoms with van der Waals surface area (Å²) in [4.78, 5) is 63.9. The SMILES string of the molecule is CCC(C)CNC(=O)CC(O)C(CC(C)C)NC(=O)[C@H](Cc1cnc[nH]1)NC(=O)[C@H](Cc1c[nH]c2ccccc12)NC(=O)OCc1ccccc1. The largest absolute Gasteiger partial charge is 0.445 e. The average molecular weight is 702 g/mol. The third-order valence-electron chi connectivity index (χ3n) is 8.79. The number of nitrogens with one attached hydrogen (secondary N) is 6. The number of amides is 4. The van der Waals surface area contributed by atoms with Crippen LogP contribution in [0.15, 0.2) is 73.3 Å². The molecule has 13 heteroatoms. The van der Waals surface area contributed by atoms with Gasteiger partial charge in [0, 0.05) is 48.4 Å². The smallest absolute Gasteiger partial charge is 0.408 e. The summed E-state index contributed by atoms with van der Waals surface area (Å²) in [5, 5.41) is 23.3. The highest BCUT2D eigenvalue weighted by atomic mass is 16.5. The lowest BCUT2D eigenvalue weighted by Crippen LogP contribution is -2.57. The normalized spacial score (nSPS) is 14.2. The third-order valence-corrected chi connectivity index (χ3v) is 8.79. The maximum absolute atomic E-state index is 14.1. The second-order valence-corrected chi connectivity index (χ2v) is 13.5. The molecule has 0 fully saturated rings. The number of fused-ring (bicyclic) bond motifs is 1. The lowest BCUT2D eigenvalue weighted by molar-refractivity contribution is -0.131. The van der Waals surface area contributed by atoms with E-state index in [-0.39, 0.29) is 37.7 Å². The maximum Gasteiger partial charge on any atom is 0.408 e. The summed E-state index contributed by atoms with van der Waals surface area (Å²) >= 11 is 0. The van der Waals surface area contributed by atoms with Crippen molar-refractivity contribution in [2.45, 2.75) is 90.6 Å². The van der Waals surface area contributed by atoms with Crippen molar-refractivity contribution in [3.05, 3.63) is 90.1 Å². The van der Waals surface area contributed by atoms with Crippen molar-refractivity contribution in [3.63, 3.8) is 0 Å². The minimum atomic E-state index is -1.16. The molecule has 51 heavy (non-hydrogen) atoms. The minimum Gasteiger partial charge on any atom is -0.445 e. The number of benzene rings is 2. The zero-order valence-electron chi connectivity index (χ0n) is 29.8. The van der Waals surface area contributed by atoms with E-state index < -0.39 is 42.1 Å². The van der Waals surface area contributed by atoms with Crippen LogP contribution in [0.4, 0.5) is 4.79 Å². The van der Waals surface area contributed by atoms with Crippen LogP contribution in [0.1, 0.15) is 63.8 Å². The molecule has 274 valence electrons. The highest BCUT2D eigenvalue weighted by molar-refractivity contribution is 5.92. The number of nitrogens with zero attached hydrogens (tertiary/aromatic N) is 1. The number of carbonyl (C=O) groups is 4. The molecule has 5 atom stereocenters. The van der Waals surface area contributed by atoms with Gasteiger partial charge >= 0.3 is 6.09 Å². The highest BCUT2D eigenvalue weighted by Crippen LogP contribution is 2.20. The summed E-state index contributed by atoms with van der Waals surface area (Å²) in [6.07, 6.45) is 4.13. The van der Waals surface area contributed by atoms with Gasteiger partial charge in [0.15, 0.2) is 0 Å². The van der Waals surface area contributed by atoms with Crippen LogP contribution in [-0.2, 0) is 38.6 Å². The number of imidazole rings is 1. The average Bonchev–Trinajstić information content (AvgIpc) is 3.79. The van der Waals surface area contributed by atoms with E-state index in [2.05, 4.69) is 36.2 Å². The fraction of sp³-hybridized carbons (Fsp3) is 0.447. The van der Waals surface area contributed by atoms with E-state index in [9.17, 15) is 24.3 Å². The minimum absolute atomic E-state index is 0.00811. The van der Waals surface area contributed by atoms with Gasteiger partial charge in [-0.25, -0.2) is 9.78 Å². The van der Waals surface area contributed by atoms with Gasteiger partial charge in [0.05, 0.1) is 24.9 Å². The van der Waals surface area contributed by atoms with Crippen molar-refractivity contribution in [2.24, 2.45) is 11.8 Å². The molecule has 3 unspecified atom stereocenters. The third kappa shape index (κ3) is 12.3. The van der Waals surface area contributed by atoms with Crippen molar-refractivity contribution >= 4 is 34.7 Å². The van der Waals surface area contributed by atoms with E-state index in [1.165, 1.54) is 6.33 Å². The number of hydrogen-bond acceptors (Lipinski definition) is 7. The molecule has 2 heterocycles. The summed E-state index contributed by atoms with van der Waals surface area (Å²) in [5.41, 5.74) is 3.03. The van der Waals surface area contributed by atoms with Gasteiger partial charge in [-0.2, -0.15) is 0 Å². The molecule has 2 aromatic carbocycles. The molecule has 4 aromatic rings. The summed E-state index contributed by atoms with van der Waals surface area (Å²) in [5.74, 6) is -1.09. The lowest BCUT2D eigenvalue weighted by atomic mass is 9.96. The van der Waals surface area contributed by atoms with Crippen molar-refractivity contribution in [3.8, 4) is 0 Å². The second kappa shape index (κ2) is 19.3. The Balaban J connectivity index is 1.52. The highest BCUT2D eigenvalue weighted by Gasteiger charge is 2.32. The Bertz CT molecular complexity index is 1690. The number of aromatic amines is 2. The Morgan fingerprint density at radius 3 is 2.29 bits per heavy atom. The summed E-state index contributed by atoms with van der Waals surface area (Å²) in [6, 6.07) is 13.8. The van der Waals surface area contributed by atoms with Gasteiger partial charge in [-0.15, -0.1) is 0 Å². The fourth-order valence-electron chi connectivity index (χ4n) is 5.67. The maximum atomic E-state index is 14.1. The van der Waals surface area contributed by atoms with Crippen LogP contribution in [0.2, 0.25) is 0 Å². The first kappa shape index (κ1) is 38.6. The number of aromatic nitrogens is 3. The van der Waals surface area contributed by atoms with Crippen LogP contribution in [0.5, 0.6) is 0 Å². The van der Waals surface area contributed by atoms with Crippen LogP contribution in [0, 0.1) is 11.8 Å². The van der Waals surface area contributed by atoms with Crippen LogP contribution in [0.3, 0.4) is 0 Å². The number of aliphatic hydroxyl groups excluding tert-OH is 1. The number of H-pyrrole nitrogens is 2. The number of rotatable bonds is 19. The number of ether oxygens (including phenoxy) is 1. The zero-order chi connectivity index (χ0) is 36.8. The summed E-state index contributed by atoms with van der Waals surface area (Å²) in [7, 11) is 0. The van der Waals surface area contributed by atoms with Crippen molar-refractivity contribution in [2.75, 3.05) is 6.54 Å². The zero-order valence-corrected chi connectivity index (χ0v) is 29.8. The fourth-order valence-corrected chi connectivity index (χ4v) is 5.67. The lowest BCUT2D eigenvalue weighted by Gasteiger charge is -2.29. The van der Waals surface area contributed by atoms with E-state index in [1.54, 1.807) is 12.4 Å². The molecule has 2 aromatic heterocycles. The van der Waals surface area contributed by atoms with Gasteiger partial charge in [-0.3, -0.25) is 14.4 Å². The molecule has 4 rings (SSSR count). The molecule has 7 N–H and O–H groups in total. The Morgan fingerprint density at radius 2 is 1.59 bits per heavy atom. The molecule has 0 saturated carbocycles. The van der Waals surface area contributed by atoms with E-state index in [0.717, 1.165) is 28.5 Å². The Kier molecular flexibility index (Phi) is 14.6. The van der Waals surface area contributed by atoms with Gasteiger partial charge in [0.1, 0.15) is 18.7 Å². The number of hydrogen-bond donors (Lipinski definition) is 7. The molecule has 0 aliphatic carbocycles.